The van der Waals surface area contributed by atoms with Crippen molar-refractivity contribution in [2.45, 2.75) is 32.6 Å². The first-order valence-electron chi connectivity index (χ1n) is 7.42. The van der Waals surface area contributed by atoms with Gasteiger partial charge >= 0.3 is 0 Å². The molecule has 0 N–H and O–H groups in total. The molecule has 1 aliphatic carbocycles. The lowest BCUT2D eigenvalue weighted by Gasteiger charge is -2.06. The van der Waals surface area contributed by atoms with Crippen LogP contribution in [-0.2, 0) is 0 Å². The van der Waals surface area contributed by atoms with Crippen LogP contribution in [0.15, 0.2) is 34.9 Å². The van der Waals surface area contributed by atoms with E-state index in [-0.39, 0.29) is 5.82 Å². The fraction of sp³-hybridized carbons (Fsp3) is 0.294. The van der Waals surface area contributed by atoms with Crippen molar-refractivity contribution in [1.82, 2.24) is 14.9 Å². The number of aryl methyl sites for hydroxylation is 2. The normalized spacial score (nSPS) is 14.5. The minimum Gasteiger partial charge on any atom is -0.359 e. The zero-order chi connectivity index (χ0) is 15.3. The van der Waals surface area contributed by atoms with Crippen molar-refractivity contribution >= 4 is 0 Å². The lowest BCUT2D eigenvalue weighted by Crippen LogP contribution is -2.02. The molecule has 0 amide bonds. The second-order valence-electron chi connectivity index (χ2n) is 5.82. The highest BCUT2D eigenvalue weighted by molar-refractivity contribution is 5.63. The Balaban J connectivity index is 1.91. The smallest absolute Gasteiger partial charge is 0.159 e. The van der Waals surface area contributed by atoms with Gasteiger partial charge in [-0.3, -0.25) is 0 Å². The Kier molecular flexibility index (Phi) is 2.89. The Hall–Kier alpha value is -2.43. The van der Waals surface area contributed by atoms with Gasteiger partial charge in [0.2, 0.25) is 0 Å². The molecule has 22 heavy (non-hydrogen) atoms. The summed E-state index contributed by atoms with van der Waals surface area (Å²) in [4.78, 5) is 0. The van der Waals surface area contributed by atoms with Gasteiger partial charge in [0.1, 0.15) is 17.2 Å². The number of rotatable bonds is 3. The third-order valence-electron chi connectivity index (χ3n) is 4.07. The number of halogens is 1. The summed E-state index contributed by atoms with van der Waals surface area (Å²) in [6.45, 7) is 3.78. The van der Waals surface area contributed by atoms with Crippen LogP contribution in [0.1, 0.15) is 35.9 Å². The second-order valence-corrected chi connectivity index (χ2v) is 5.82. The molecule has 0 unspecified atom stereocenters. The van der Waals surface area contributed by atoms with E-state index < -0.39 is 0 Å². The molecule has 3 aromatic rings. The van der Waals surface area contributed by atoms with E-state index in [1.807, 2.05) is 18.5 Å². The summed E-state index contributed by atoms with van der Waals surface area (Å²) >= 11 is 0. The summed E-state index contributed by atoms with van der Waals surface area (Å²) in [5, 5.41) is 8.77. The fourth-order valence-corrected chi connectivity index (χ4v) is 2.76. The maximum absolute atomic E-state index is 13.2. The molecular formula is C17H16FN3O. The zero-order valence-electron chi connectivity index (χ0n) is 12.5. The average molecular weight is 297 g/mol. The van der Waals surface area contributed by atoms with Crippen molar-refractivity contribution in [3.05, 3.63) is 53.3 Å². The molecule has 0 spiro atoms. The molecular weight excluding hydrogens is 281 g/mol. The Morgan fingerprint density at radius 3 is 2.50 bits per heavy atom. The molecule has 0 atom stereocenters. The van der Waals surface area contributed by atoms with Crippen molar-refractivity contribution in [2.75, 3.05) is 0 Å². The van der Waals surface area contributed by atoms with Gasteiger partial charge in [0, 0.05) is 11.5 Å². The minimum absolute atomic E-state index is 0.241. The number of hydrogen-bond acceptors (Lipinski definition) is 3. The highest BCUT2D eigenvalue weighted by atomic mass is 19.1. The Labute approximate surface area is 127 Å². The molecule has 0 bridgehead atoms. The van der Waals surface area contributed by atoms with E-state index in [1.165, 1.54) is 25.0 Å². The van der Waals surface area contributed by atoms with E-state index in [1.54, 1.807) is 12.1 Å². The van der Waals surface area contributed by atoms with E-state index in [4.69, 9.17) is 9.62 Å². The van der Waals surface area contributed by atoms with Crippen LogP contribution in [0.5, 0.6) is 0 Å². The van der Waals surface area contributed by atoms with Gasteiger partial charge < -0.3 is 4.52 Å². The number of benzene rings is 1. The van der Waals surface area contributed by atoms with Crippen LogP contribution >= 0.6 is 0 Å². The molecule has 4 nitrogen and oxygen atoms in total. The number of hydrogen-bond donors (Lipinski definition) is 0. The lowest BCUT2D eigenvalue weighted by atomic mass is 10.1. The minimum atomic E-state index is -0.241. The highest BCUT2D eigenvalue weighted by Crippen LogP contribution is 2.41. The molecule has 2 heterocycles. The maximum Gasteiger partial charge on any atom is 0.159 e. The van der Waals surface area contributed by atoms with Crippen molar-refractivity contribution in [1.29, 1.82) is 0 Å². The summed E-state index contributed by atoms with van der Waals surface area (Å²) in [5.41, 5.74) is 4.62. The molecule has 1 fully saturated rings. The van der Waals surface area contributed by atoms with Crippen molar-refractivity contribution in [3.8, 4) is 16.9 Å². The van der Waals surface area contributed by atoms with Gasteiger partial charge in [-0.05, 0) is 57.0 Å². The quantitative estimate of drug-likeness (QED) is 0.729. The standard InChI is InChI=1S/C17H16FN3O/c1-10-17(11(2)22-20-10)21-16(9-15(19-21)12-3-4-12)13-5-7-14(18)8-6-13/h5-9,12H,3-4H2,1-2H3. The van der Waals surface area contributed by atoms with Crippen LogP contribution < -0.4 is 0 Å². The third-order valence-corrected chi connectivity index (χ3v) is 4.07. The van der Waals surface area contributed by atoms with Gasteiger partial charge in [-0.1, -0.05) is 5.16 Å². The van der Waals surface area contributed by atoms with Crippen molar-refractivity contribution < 1.29 is 8.91 Å². The summed E-state index contributed by atoms with van der Waals surface area (Å²) in [6, 6.07) is 8.58. The maximum atomic E-state index is 13.2. The molecule has 1 aromatic carbocycles. The van der Waals surface area contributed by atoms with Crippen LogP contribution in [0.2, 0.25) is 0 Å². The van der Waals surface area contributed by atoms with E-state index in [2.05, 4.69) is 11.2 Å². The summed E-state index contributed by atoms with van der Waals surface area (Å²) in [5.74, 6) is 1.03. The summed E-state index contributed by atoms with van der Waals surface area (Å²) in [7, 11) is 0. The molecule has 2 aromatic heterocycles. The predicted octanol–water partition coefficient (Wildman–Crippen LogP) is 4.16. The number of aromatic nitrogens is 3. The van der Waals surface area contributed by atoms with E-state index in [0.717, 1.165) is 34.1 Å². The Bertz CT molecular complexity index is 809. The first-order valence-corrected chi connectivity index (χ1v) is 7.42. The number of nitrogens with zero attached hydrogens (tertiary/aromatic N) is 3. The van der Waals surface area contributed by atoms with Gasteiger partial charge in [-0.15, -0.1) is 0 Å². The van der Waals surface area contributed by atoms with Gasteiger partial charge in [0.05, 0.1) is 11.4 Å². The lowest BCUT2D eigenvalue weighted by molar-refractivity contribution is 0.392. The van der Waals surface area contributed by atoms with Gasteiger partial charge in [-0.2, -0.15) is 5.10 Å². The monoisotopic (exact) mass is 297 g/mol. The fourth-order valence-electron chi connectivity index (χ4n) is 2.76. The van der Waals surface area contributed by atoms with Gasteiger partial charge in [0.15, 0.2) is 5.76 Å². The largest absolute Gasteiger partial charge is 0.359 e. The SMILES string of the molecule is Cc1noc(C)c1-n1nc(C2CC2)cc1-c1ccc(F)cc1. The molecule has 0 saturated heterocycles. The molecule has 0 aliphatic heterocycles. The topological polar surface area (TPSA) is 43.9 Å². The van der Waals surface area contributed by atoms with Crippen molar-refractivity contribution in [3.63, 3.8) is 0 Å². The van der Waals surface area contributed by atoms with Crippen LogP contribution in [0, 0.1) is 19.7 Å². The third kappa shape index (κ3) is 2.13. The van der Waals surface area contributed by atoms with Crippen LogP contribution in [0.25, 0.3) is 16.9 Å². The zero-order valence-corrected chi connectivity index (χ0v) is 12.5. The first kappa shape index (κ1) is 13.2. The summed E-state index contributed by atoms with van der Waals surface area (Å²) < 4.78 is 20.4. The van der Waals surface area contributed by atoms with Crippen molar-refractivity contribution in [2.24, 2.45) is 0 Å². The first-order chi connectivity index (χ1) is 10.6. The van der Waals surface area contributed by atoms with E-state index >= 15 is 0 Å². The molecule has 0 radical (unpaired) electrons. The molecule has 1 saturated carbocycles. The highest BCUT2D eigenvalue weighted by Gasteiger charge is 2.29. The van der Waals surface area contributed by atoms with Crippen LogP contribution in [0.4, 0.5) is 4.39 Å². The van der Waals surface area contributed by atoms with E-state index in [9.17, 15) is 4.39 Å². The molecule has 1 aliphatic rings. The average Bonchev–Trinajstić information content (AvgIpc) is 3.19. The summed E-state index contributed by atoms with van der Waals surface area (Å²) in [6.07, 6.45) is 2.36. The second kappa shape index (κ2) is 4.80. The van der Waals surface area contributed by atoms with Crippen LogP contribution in [-0.4, -0.2) is 14.9 Å². The van der Waals surface area contributed by atoms with Gasteiger partial charge in [-0.25, -0.2) is 9.07 Å². The Morgan fingerprint density at radius 2 is 1.91 bits per heavy atom. The predicted molar refractivity (Wildman–Crippen MR) is 80.5 cm³/mol. The van der Waals surface area contributed by atoms with E-state index in [0.29, 0.717) is 5.92 Å². The molecule has 5 heteroatoms. The molecule has 4 rings (SSSR count). The molecule has 112 valence electrons. The Morgan fingerprint density at radius 1 is 1.18 bits per heavy atom. The van der Waals surface area contributed by atoms with Crippen LogP contribution in [0.3, 0.4) is 0 Å². The van der Waals surface area contributed by atoms with Gasteiger partial charge in [0.25, 0.3) is 0 Å².